The molecule has 0 spiro atoms. The monoisotopic (exact) mass is 359 g/mol. The van der Waals surface area contributed by atoms with E-state index in [4.69, 9.17) is 3.83 Å². The van der Waals surface area contributed by atoms with Crippen molar-refractivity contribution in [1.82, 2.24) is 0 Å². The summed E-state index contributed by atoms with van der Waals surface area (Å²) in [4.78, 5) is 12.0. The first-order chi connectivity index (χ1) is 9.91. The molecule has 0 aliphatic heterocycles. The van der Waals surface area contributed by atoms with Crippen LogP contribution < -0.4 is 9.15 Å². The highest BCUT2D eigenvalue weighted by molar-refractivity contribution is 9.06. The Kier molecular flexibility index (Phi) is 4.52. The first-order valence-corrected chi connectivity index (χ1v) is 6.43. The molecular formula is C14H9BrF3NO2. The van der Waals surface area contributed by atoms with Crippen molar-refractivity contribution in [2.75, 3.05) is 5.32 Å². The van der Waals surface area contributed by atoms with E-state index in [0.717, 1.165) is 12.1 Å². The Morgan fingerprint density at radius 1 is 1.05 bits per heavy atom. The molecule has 0 bridgehead atoms. The van der Waals surface area contributed by atoms with Gasteiger partial charge in [-0.3, -0.25) is 4.79 Å². The number of carbonyl (C=O) groups is 1. The summed E-state index contributed by atoms with van der Waals surface area (Å²) in [6, 6.07) is 10.6. The van der Waals surface area contributed by atoms with E-state index < -0.39 is 17.6 Å². The molecule has 2 aromatic carbocycles. The highest BCUT2D eigenvalue weighted by Crippen LogP contribution is 2.30. The zero-order valence-corrected chi connectivity index (χ0v) is 12.0. The third-order valence-corrected chi connectivity index (χ3v) is 3.03. The summed E-state index contributed by atoms with van der Waals surface area (Å²) in [5.41, 5.74) is -0.253. The smallest absolute Gasteiger partial charge is 0.416 e. The molecule has 0 aliphatic carbocycles. The third kappa shape index (κ3) is 3.75. The topological polar surface area (TPSA) is 38.3 Å². The summed E-state index contributed by atoms with van der Waals surface area (Å²) in [6.45, 7) is 0. The largest absolute Gasteiger partial charge is 0.417 e. The van der Waals surface area contributed by atoms with Gasteiger partial charge in [0.05, 0.1) is 11.1 Å². The number of para-hydroxylation sites is 1. The maximum absolute atomic E-state index is 12.4. The van der Waals surface area contributed by atoms with Crippen molar-refractivity contribution >= 4 is 27.9 Å². The zero-order valence-electron chi connectivity index (χ0n) is 10.4. The number of benzene rings is 2. The fourth-order valence-electron chi connectivity index (χ4n) is 1.66. The summed E-state index contributed by atoms with van der Waals surface area (Å²) >= 11 is 2.79. The summed E-state index contributed by atoms with van der Waals surface area (Å²) < 4.78 is 42.2. The van der Waals surface area contributed by atoms with Gasteiger partial charge in [0.1, 0.15) is 5.75 Å². The van der Waals surface area contributed by atoms with Gasteiger partial charge in [0.15, 0.2) is 16.3 Å². The molecule has 3 nitrogen and oxygen atoms in total. The van der Waals surface area contributed by atoms with Crippen LogP contribution >= 0.6 is 16.3 Å². The molecule has 0 heterocycles. The van der Waals surface area contributed by atoms with Gasteiger partial charge in [-0.1, -0.05) is 12.1 Å². The van der Waals surface area contributed by atoms with E-state index in [2.05, 4.69) is 21.6 Å². The second-order valence-electron chi connectivity index (χ2n) is 4.10. The first-order valence-electron chi connectivity index (χ1n) is 5.78. The van der Waals surface area contributed by atoms with Crippen LogP contribution in [0, 0.1) is 0 Å². The minimum Gasteiger partial charge on any atom is -0.417 e. The predicted molar refractivity (Wildman–Crippen MR) is 75.4 cm³/mol. The molecule has 0 aromatic heterocycles. The van der Waals surface area contributed by atoms with E-state index in [0.29, 0.717) is 5.75 Å². The minimum atomic E-state index is -4.40. The molecule has 1 amide bonds. The number of halogens is 4. The summed E-state index contributed by atoms with van der Waals surface area (Å²) in [5.74, 6) is -0.174. The maximum Gasteiger partial charge on any atom is 0.416 e. The number of alkyl halides is 3. The summed E-state index contributed by atoms with van der Waals surface area (Å²) in [5, 5.41) is 2.50. The van der Waals surface area contributed by atoms with Crippen LogP contribution in [0.5, 0.6) is 5.75 Å². The number of hydrogen-bond acceptors (Lipinski definition) is 2. The standard InChI is InChI=1S/C14H9BrF3NO2/c15-21-12-4-2-1-3-11(12)13(20)19-10-7-5-9(6-8-10)14(16,17)18/h1-8H,(H,19,20). The third-order valence-electron chi connectivity index (χ3n) is 2.68. The Morgan fingerprint density at radius 2 is 1.67 bits per heavy atom. The number of carbonyl (C=O) groups excluding carboxylic acids is 1. The Balaban J connectivity index is 2.16. The molecule has 7 heteroatoms. The summed E-state index contributed by atoms with van der Waals surface area (Å²) in [7, 11) is 0. The Labute approximate surface area is 127 Å². The van der Waals surface area contributed by atoms with Gasteiger partial charge in [0.25, 0.3) is 5.91 Å². The molecule has 0 aliphatic rings. The average Bonchev–Trinajstić information content (AvgIpc) is 2.46. The fraction of sp³-hybridized carbons (Fsp3) is 0.0714. The van der Waals surface area contributed by atoms with Crippen molar-refractivity contribution in [2.24, 2.45) is 0 Å². The zero-order chi connectivity index (χ0) is 15.5. The van der Waals surface area contributed by atoms with Crippen LogP contribution in [0.2, 0.25) is 0 Å². The molecule has 2 aromatic rings. The van der Waals surface area contributed by atoms with E-state index in [9.17, 15) is 18.0 Å². The van der Waals surface area contributed by atoms with Crippen molar-refractivity contribution < 1.29 is 21.8 Å². The molecule has 0 saturated heterocycles. The molecule has 0 fully saturated rings. The first kappa shape index (κ1) is 15.4. The van der Waals surface area contributed by atoms with Crippen LogP contribution in [0.15, 0.2) is 48.5 Å². The van der Waals surface area contributed by atoms with Crippen LogP contribution in [0.3, 0.4) is 0 Å². The quantitative estimate of drug-likeness (QED) is 0.866. The second-order valence-corrected chi connectivity index (χ2v) is 4.43. The highest BCUT2D eigenvalue weighted by atomic mass is 79.9. The van der Waals surface area contributed by atoms with Crippen LogP contribution in [0.25, 0.3) is 0 Å². The van der Waals surface area contributed by atoms with Crippen LogP contribution in [-0.2, 0) is 6.18 Å². The van der Waals surface area contributed by atoms with Gasteiger partial charge in [-0.15, -0.1) is 0 Å². The Hall–Kier alpha value is -2.02. The molecule has 0 saturated carbocycles. The SMILES string of the molecule is O=C(Nc1ccc(C(F)(F)F)cc1)c1ccccc1OBr. The molecule has 0 atom stereocenters. The number of nitrogens with one attached hydrogen (secondary N) is 1. The molecule has 110 valence electrons. The maximum atomic E-state index is 12.4. The Bertz CT molecular complexity index is 641. The van der Waals surface area contributed by atoms with Crippen LogP contribution in [0.4, 0.5) is 18.9 Å². The predicted octanol–water partition coefficient (Wildman–Crippen LogP) is 4.65. The van der Waals surface area contributed by atoms with Gasteiger partial charge in [-0.05, 0) is 36.4 Å². The Morgan fingerprint density at radius 3 is 2.24 bits per heavy atom. The van der Waals surface area contributed by atoms with Crippen molar-refractivity contribution in [3.05, 3.63) is 59.7 Å². The van der Waals surface area contributed by atoms with Crippen LogP contribution in [0.1, 0.15) is 15.9 Å². The number of hydrogen-bond donors (Lipinski definition) is 1. The lowest BCUT2D eigenvalue weighted by Gasteiger charge is -2.10. The van der Waals surface area contributed by atoms with E-state index in [-0.39, 0.29) is 11.3 Å². The normalized spacial score (nSPS) is 11.0. The van der Waals surface area contributed by atoms with Crippen molar-refractivity contribution in [3.63, 3.8) is 0 Å². The molecular weight excluding hydrogens is 351 g/mol. The van der Waals surface area contributed by atoms with Gasteiger partial charge in [-0.25, -0.2) is 0 Å². The highest BCUT2D eigenvalue weighted by Gasteiger charge is 2.30. The van der Waals surface area contributed by atoms with Crippen molar-refractivity contribution in [2.45, 2.75) is 6.18 Å². The number of rotatable bonds is 3. The lowest BCUT2D eigenvalue weighted by atomic mass is 10.1. The number of anilines is 1. The summed E-state index contributed by atoms with van der Waals surface area (Å²) in [6.07, 6.45) is -4.40. The molecule has 2 rings (SSSR count). The van der Waals surface area contributed by atoms with Gasteiger partial charge < -0.3 is 9.15 Å². The second kappa shape index (κ2) is 6.17. The van der Waals surface area contributed by atoms with Gasteiger partial charge in [0, 0.05) is 5.69 Å². The molecule has 1 N–H and O–H groups in total. The molecule has 0 unspecified atom stereocenters. The van der Waals surface area contributed by atoms with E-state index in [1.165, 1.54) is 18.2 Å². The van der Waals surface area contributed by atoms with Gasteiger partial charge in [0.2, 0.25) is 0 Å². The van der Waals surface area contributed by atoms with Crippen molar-refractivity contribution in [1.29, 1.82) is 0 Å². The molecule has 0 radical (unpaired) electrons. The minimum absolute atomic E-state index is 0.259. The van der Waals surface area contributed by atoms with Crippen molar-refractivity contribution in [3.8, 4) is 5.75 Å². The van der Waals surface area contributed by atoms with E-state index in [1.807, 2.05) is 0 Å². The lowest BCUT2D eigenvalue weighted by molar-refractivity contribution is -0.137. The van der Waals surface area contributed by atoms with Gasteiger partial charge >= 0.3 is 6.18 Å². The fourth-order valence-corrected chi connectivity index (χ4v) is 1.94. The average molecular weight is 360 g/mol. The number of amides is 1. The van der Waals surface area contributed by atoms with E-state index >= 15 is 0 Å². The van der Waals surface area contributed by atoms with Gasteiger partial charge in [-0.2, -0.15) is 13.2 Å². The lowest BCUT2D eigenvalue weighted by Crippen LogP contribution is -2.13. The van der Waals surface area contributed by atoms with E-state index in [1.54, 1.807) is 18.2 Å². The van der Waals surface area contributed by atoms with Crippen LogP contribution in [-0.4, -0.2) is 5.91 Å². The molecule has 21 heavy (non-hydrogen) atoms.